The first-order chi connectivity index (χ1) is 12.9. The Kier molecular flexibility index (Phi) is 5.73. The molecule has 1 saturated heterocycles. The summed E-state index contributed by atoms with van der Waals surface area (Å²) < 4.78 is 54.5. The molecular weight excluding hydrogens is 372 g/mol. The largest absolute Gasteiger partial charge is 0.377 e. The van der Waals surface area contributed by atoms with Gasteiger partial charge in [0.25, 0.3) is 0 Å². The Morgan fingerprint density at radius 2 is 1.70 bits per heavy atom. The molecule has 1 heterocycles. The van der Waals surface area contributed by atoms with E-state index in [1.807, 2.05) is 6.07 Å². The Morgan fingerprint density at radius 1 is 1.11 bits per heavy atom. The van der Waals surface area contributed by atoms with Gasteiger partial charge in [-0.15, -0.1) is 0 Å². The summed E-state index contributed by atoms with van der Waals surface area (Å²) in [7, 11) is -3.44. The molecule has 2 aromatic carbocycles. The average molecular weight is 391 g/mol. The predicted octanol–water partition coefficient (Wildman–Crippen LogP) is 3.24. The van der Waals surface area contributed by atoms with Gasteiger partial charge in [-0.05, 0) is 30.5 Å². The normalized spacial score (nSPS) is 16.0. The first-order valence-corrected chi connectivity index (χ1v) is 10.2. The molecule has 0 bridgehead atoms. The molecule has 1 N–H and O–H groups in total. The highest BCUT2D eigenvalue weighted by Crippen LogP contribution is 2.25. The fourth-order valence-electron chi connectivity index (χ4n) is 3.13. The topological polar surface area (TPSA) is 73.2 Å². The lowest BCUT2D eigenvalue weighted by Gasteiger charge is -2.32. The zero-order chi connectivity index (χ0) is 19.4. The molecule has 1 aliphatic rings. The lowest BCUT2D eigenvalue weighted by atomic mass is 10.1. The van der Waals surface area contributed by atoms with Gasteiger partial charge in [0.2, 0.25) is 10.0 Å². The van der Waals surface area contributed by atoms with Crippen molar-refractivity contribution in [3.05, 3.63) is 65.2 Å². The third-order valence-electron chi connectivity index (χ3n) is 4.56. The Balaban J connectivity index is 1.62. The van der Waals surface area contributed by atoms with Crippen molar-refractivity contribution in [1.82, 2.24) is 4.31 Å². The summed E-state index contributed by atoms with van der Waals surface area (Å²) in [5.41, 5.74) is 0.358. The number of nitrogens with one attached hydrogen (secondary N) is 1. The molecule has 8 heteroatoms. The van der Waals surface area contributed by atoms with E-state index in [4.69, 9.17) is 5.26 Å². The highest BCUT2D eigenvalue weighted by Gasteiger charge is 2.29. The van der Waals surface area contributed by atoms with Gasteiger partial charge in [-0.2, -0.15) is 5.26 Å². The monoisotopic (exact) mass is 391 g/mol. The molecule has 5 nitrogen and oxygen atoms in total. The van der Waals surface area contributed by atoms with E-state index in [1.165, 1.54) is 4.31 Å². The number of rotatable bonds is 5. The second-order valence-electron chi connectivity index (χ2n) is 6.49. The molecule has 1 aliphatic heterocycles. The maximum atomic E-state index is 14.0. The summed E-state index contributed by atoms with van der Waals surface area (Å²) in [6, 6.07) is 12.4. The zero-order valence-corrected chi connectivity index (χ0v) is 15.3. The third kappa shape index (κ3) is 4.62. The SMILES string of the molecule is N#Cc1cc(F)c(NC2CCN(S(=O)(=O)Cc3ccccc3)CC2)c(F)c1. The van der Waals surface area contributed by atoms with Gasteiger partial charge in [0.05, 0.1) is 17.4 Å². The van der Waals surface area contributed by atoms with Gasteiger partial charge in [-0.3, -0.25) is 0 Å². The van der Waals surface area contributed by atoms with Crippen molar-refractivity contribution in [2.75, 3.05) is 18.4 Å². The average Bonchev–Trinajstić information content (AvgIpc) is 2.65. The van der Waals surface area contributed by atoms with Gasteiger partial charge in [-0.1, -0.05) is 30.3 Å². The van der Waals surface area contributed by atoms with Gasteiger partial charge in [-0.25, -0.2) is 21.5 Å². The fourth-order valence-corrected chi connectivity index (χ4v) is 4.70. The van der Waals surface area contributed by atoms with Crippen LogP contribution in [-0.4, -0.2) is 31.9 Å². The van der Waals surface area contributed by atoms with E-state index >= 15 is 0 Å². The van der Waals surface area contributed by atoms with Crippen LogP contribution in [0.25, 0.3) is 0 Å². The molecule has 1 fully saturated rings. The van der Waals surface area contributed by atoms with Gasteiger partial charge in [0.1, 0.15) is 5.69 Å². The molecule has 0 unspecified atom stereocenters. The molecule has 0 spiro atoms. The van der Waals surface area contributed by atoms with Gasteiger partial charge >= 0.3 is 0 Å². The molecule has 3 rings (SSSR count). The number of anilines is 1. The third-order valence-corrected chi connectivity index (χ3v) is 6.41. The predicted molar refractivity (Wildman–Crippen MR) is 98.4 cm³/mol. The number of hydrogen-bond acceptors (Lipinski definition) is 4. The summed E-state index contributed by atoms with van der Waals surface area (Å²) in [5.74, 6) is -1.72. The van der Waals surface area contributed by atoms with Crippen LogP contribution in [0, 0.1) is 23.0 Å². The molecule has 2 aromatic rings. The summed E-state index contributed by atoms with van der Waals surface area (Å²) in [5, 5.41) is 11.6. The van der Waals surface area contributed by atoms with Crippen LogP contribution >= 0.6 is 0 Å². The van der Waals surface area contributed by atoms with Gasteiger partial charge < -0.3 is 5.32 Å². The highest BCUT2D eigenvalue weighted by atomic mass is 32.2. The molecule has 0 radical (unpaired) electrons. The van der Waals surface area contributed by atoms with Gasteiger partial charge in [0.15, 0.2) is 11.6 Å². The standard InChI is InChI=1S/C19H19F2N3O2S/c20-17-10-15(12-22)11-18(21)19(17)23-16-6-8-24(9-7-16)27(25,26)13-14-4-2-1-3-5-14/h1-5,10-11,16,23H,6-9,13H2. The van der Waals surface area contributed by atoms with Crippen molar-refractivity contribution in [2.24, 2.45) is 0 Å². The number of benzene rings is 2. The van der Waals surface area contributed by atoms with Crippen LogP contribution in [-0.2, 0) is 15.8 Å². The Morgan fingerprint density at radius 3 is 2.26 bits per heavy atom. The summed E-state index contributed by atoms with van der Waals surface area (Å²) in [6.45, 7) is 0.568. The second-order valence-corrected chi connectivity index (χ2v) is 8.46. The van der Waals surface area contributed by atoms with E-state index < -0.39 is 21.7 Å². The minimum atomic E-state index is -3.44. The van der Waals surface area contributed by atoms with Crippen LogP contribution in [0.4, 0.5) is 14.5 Å². The Labute approximate surface area is 157 Å². The lowest BCUT2D eigenvalue weighted by Crippen LogP contribution is -2.43. The van der Waals surface area contributed by atoms with Gasteiger partial charge in [0, 0.05) is 19.1 Å². The minimum Gasteiger partial charge on any atom is -0.377 e. The maximum Gasteiger partial charge on any atom is 0.218 e. The van der Waals surface area contributed by atoms with E-state index in [1.54, 1.807) is 30.3 Å². The smallest absolute Gasteiger partial charge is 0.218 e. The number of halogens is 2. The molecule has 0 amide bonds. The maximum absolute atomic E-state index is 14.0. The number of nitrogens with zero attached hydrogens (tertiary/aromatic N) is 2. The molecule has 0 aliphatic carbocycles. The first-order valence-electron chi connectivity index (χ1n) is 8.56. The fraction of sp³-hybridized carbons (Fsp3) is 0.316. The lowest BCUT2D eigenvalue weighted by molar-refractivity contribution is 0.328. The molecule has 27 heavy (non-hydrogen) atoms. The van der Waals surface area contributed by atoms with Crippen LogP contribution in [0.15, 0.2) is 42.5 Å². The van der Waals surface area contributed by atoms with Crippen molar-refractivity contribution in [2.45, 2.75) is 24.6 Å². The van der Waals surface area contributed by atoms with Crippen LogP contribution in [0.1, 0.15) is 24.0 Å². The molecule has 0 atom stereocenters. The molecule has 0 saturated carbocycles. The van der Waals surface area contributed by atoms with E-state index in [0.717, 1.165) is 17.7 Å². The molecule has 0 aromatic heterocycles. The van der Waals surface area contributed by atoms with Crippen LogP contribution < -0.4 is 5.32 Å². The Bertz CT molecular complexity index is 928. The van der Waals surface area contributed by atoms with Crippen molar-refractivity contribution in [3.8, 4) is 6.07 Å². The molecule has 142 valence electrons. The van der Waals surface area contributed by atoms with Crippen LogP contribution in [0.5, 0.6) is 0 Å². The zero-order valence-electron chi connectivity index (χ0n) is 14.5. The number of sulfonamides is 1. The Hall–Kier alpha value is -2.50. The number of hydrogen-bond donors (Lipinski definition) is 1. The quantitative estimate of drug-likeness (QED) is 0.849. The van der Waals surface area contributed by atoms with Crippen LogP contribution in [0.3, 0.4) is 0 Å². The summed E-state index contributed by atoms with van der Waals surface area (Å²) in [4.78, 5) is 0. The van der Waals surface area contributed by atoms with E-state index in [0.29, 0.717) is 12.8 Å². The highest BCUT2D eigenvalue weighted by molar-refractivity contribution is 7.88. The number of piperidine rings is 1. The van der Waals surface area contributed by atoms with E-state index in [-0.39, 0.29) is 36.1 Å². The molecular formula is C19H19F2N3O2S. The van der Waals surface area contributed by atoms with Crippen molar-refractivity contribution in [3.63, 3.8) is 0 Å². The summed E-state index contributed by atoms with van der Waals surface area (Å²) >= 11 is 0. The van der Waals surface area contributed by atoms with Crippen molar-refractivity contribution < 1.29 is 17.2 Å². The van der Waals surface area contributed by atoms with E-state index in [2.05, 4.69) is 5.32 Å². The number of nitriles is 1. The van der Waals surface area contributed by atoms with E-state index in [9.17, 15) is 17.2 Å². The van der Waals surface area contributed by atoms with Crippen molar-refractivity contribution in [1.29, 1.82) is 5.26 Å². The van der Waals surface area contributed by atoms with Crippen molar-refractivity contribution >= 4 is 15.7 Å². The summed E-state index contributed by atoms with van der Waals surface area (Å²) in [6.07, 6.45) is 0.875. The second kappa shape index (κ2) is 8.03. The van der Waals surface area contributed by atoms with Crippen LogP contribution in [0.2, 0.25) is 0 Å². The first kappa shape index (κ1) is 19.3. The minimum absolute atomic E-state index is 0.0647.